The Morgan fingerprint density at radius 3 is 1.47 bits per heavy atom. The molecular formula is C28H27N2NaO. The van der Waals surface area contributed by atoms with Crippen LogP contribution in [0.4, 0.5) is 0 Å². The molecule has 4 aromatic rings. The van der Waals surface area contributed by atoms with Gasteiger partial charge in [-0.05, 0) is 29.5 Å². The van der Waals surface area contributed by atoms with Crippen molar-refractivity contribution in [3.05, 3.63) is 132 Å². The third-order valence-electron chi connectivity index (χ3n) is 5.37. The zero-order valence-electron chi connectivity index (χ0n) is 18.6. The number of rotatable bonds is 5. The Hall–Kier alpha value is -2.43. The van der Waals surface area contributed by atoms with E-state index in [1.54, 1.807) is 6.20 Å². The average Bonchev–Trinajstić information content (AvgIpc) is 3.59. The minimum absolute atomic E-state index is 0. The number of hydrogen-bond acceptors (Lipinski definition) is 2. The maximum absolute atomic E-state index is 5.12. The van der Waals surface area contributed by atoms with E-state index in [1.807, 2.05) is 36.5 Å². The topological polar surface area (TPSA) is 35.7 Å². The molecule has 4 heteroatoms. The van der Waals surface area contributed by atoms with Gasteiger partial charge in [0.15, 0.2) is 0 Å². The second-order valence-electron chi connectivity index (χ2n) is 7.45. The van der Waals surface area contributed by atoms with E-state index in [0.29, 0.717) is 0 Å². The number of hydrogen-bond donors (Lipinski definition) is 0. The Labute approximate surface area is 212 Å². The molecule has 156 valence electrons. The van der Waals surface area contributed by atoms with Gasteiger partial charge in [0.1, 0.15) is 5.54 Å². The van der Waals surface area contributed by atoms with Gasteiger partial charge in [0, 0.05) is 19.4 Å². The van der Waals surface area contributed by atoms with Crippen LogP contribution in [0.3, 0.4) is 0 Å². The van der Waals surface area contributed by atoms with E-state index < -0.39 is 5.54 Å². The molecule has 0 bridgehead atoms. The molecule has 0 unspecified atom stereocenters. The molecule has 0 N–H and O–H groups in total. The Balaban J connectivity index is 0.000000427. The number of nitrogens with zero attached hydrogens (tertiary/aromatic N) is 2. The van der Waals surface area contributed by atoms with Gasteiger partial charge in [-0.2, -0.15) is 6.20 Å². The van der Waals surface area contributed by atoms with Gasteiger partial charge in [-0.1, -0.05) is 103 Å². The molecule has 2 heterocycles. The summed E-state index contributed by atoms with van der Waals surface area (Å²) in [6, 6.07) is 35.2. The van der Waals surface area contributed by atoms with Crippen LogP contribution in [0.1, 0.15) is 35.2 Å². The van der Waals surface area contributed by atoms with Gasteiger partial charge >= 0.3 is 29.6 Å². The summed E-state index contributed by atoms with van der Waals surface area (Å²) in [5.41, 5.74) is 3.61. The molecule has 3 aromatic carbocycles. The van der Waals surface area contributed by atoms with E-state index in [9.17, 15) is 0 Å². The molecule has 0 amide bonds. The molecule has 0 radical (unpaired) electrons. The van der Waals surface area contributed by atoms with Crippen molar-refractivity contribution in [1.82, 2.24) is 4.98 Å². The van der Waals surface area contributed by atoms with Crippen molar-refractivity contribution in [2.75, 3.05) is 13.2 Å². The monoisotopic (exact) mass is 430 g/mol. The van der Waals surface area contributed by atoms with Crippen LogP contribution in [-0.4, -0.2) is 19.4 Å². The minimum Gasteiger partial charge on any atom is -0.663 e. The van der Waals surface area contributed by atoms with E-state index in [2.05, 4.69) is 77.8 Å². The van der Waals surface area contributed by atoms with Crippen LogP contribution in [0.15, 0.2) is 114 Å². The number of aliphatic imine (C=N–C) groups is 1. The van der Waals surface area contributed by atoms with Crippen molar-refractivity contribution >= 4 is 6.21 Å². The van der Waals surface area contributed by atoms with E-state index in [1.165, 1.54) is 12.8 Å². The molecule has 3 nitrogen and oxygen atoms in total. The Morgan fingerprint density at radius 1 is 0.656 bits per heavy atom. The van der Waals surface area contributed by atoms with Gasteiger partial charge in [0.25, 0.3) is 0 Å². The fourth-order valence-corrected chi connectivity index (χ4v) is 3.83. The second-order valence-corrected chi connectivity index (χ2v) is 7.45. The van der Waals surface area contributed by atoms with Crippen molar-refractivity contribution in [1.29, 1.82) is 0 Å². The van der Waals surface area contributed by atoms with Gasteiger partial charge in [-0.3, -0.25) is 4.99 Å². The first kappa shape index (κ1) is 24.2. The predicted octanol–water partition coefficient (Wildman–Crippen LogP) is 2.86. The number of aromatic nitrogens is 1. The zero-order valence-corrected chi connectivity index (χ0v) is 20.6. The second kappa shape index (κ2) is 12.6. The molecule has 0 spiro atoms. The summed E-state index contributed by atoms with van der Waals surface area (Å²) in [5.74, 6) is 0. The van der Waals surface area contributed by atoms with Crippen LogP contribution in [0.5, 0.6) is 0 Å². The molecule has 1 fully saturated rings. The summed E-state index contributed by atoms with van der Waals surface area (Å²) < 4.78 is 4.94. The number of ether oxygens (including phenoxy) is 1. The van der Waals surface area contributed by atoms with Gasteiger partial charge in [-0.25, -0.2) is 0 Å². The van der Waals surface area contributed by atoms with Crippen molar-refractivity contribution in [2.24, 2.45) is 4.99 Å². The first-order valence-electron chi connectivity index (χ1n) is 10.8. The van der Waals surface area contributed by atoms with E-state index in [-0.39, 0.29) is 29.6 Å². The van der Waals surface area contributed by atoms with Crippen molar-refractivity contribution < 1.29 is 34.3 Å². The first-order valence-corrected chi connectivity index (χ1v) is 10.8. The van der Waals surface area contributed by atoms with Gasteiger partial charge in [-0.15, -0.1) is 5.69 Å². The van der Waals surface area contributed by atoms with E-state index >= 15 is 0 Å². The maximum atomic E-state index is 5.12. The maximum Gasteiger partial charge on any atom is 1.00 e. The van der Waals surface area contributed by atoms with Crippen molar-refractivity contribution in [3.63, 3.8) is 0 Å². The zero-order chi connectivity index (χ0) is 21.2. The van der Waals surface area contributed by atoms with Crippen LogP contribution >= 0.6 is 0 Å². The molecule has 32 heavy (non-hydrogen) atoms. The molecule has 1 aliphatic heterocycles. The van der Waals surface area contributed by atoms with Crippen LogP contribution < -0.4 is 34.5 Å². The normalized spacial score (nSPS) is 13.2. The minimum atomic E-state index is -0.622. The Bertz CT molecular complexity index is 940. The van der Waals surface area contributed by atoms with Crippen molar-refractivity contribution in [3.8, 4) is 0 Å². The van der Waals surface area contributed by atoms with E-state index in [0.717, 1.165) is 35.6 Å². The van der Waals surface area contributed by atoms with Gasteiger partial charge in [0.05, 0.1) is 0 Å². The predicted molar refractivity (Wildman–Crippen MR) is 127 cm³/mol. The summed E-state index contributed by atoms with van der Waals surface area (Å²) in [6.07, 6.45) is 6.21. The molecule has 0 atom stereocenters. The third-order valence-corrected chi connectivity index (χ3v) is 5.37. The molecule has 0 saturated carbocycles. The van der Waals surface area contributed by atoms with Crippen LogP contribution in [0.2, 0.25) is 0 Å². The van der Waals surface area contributed by atoms with Gasteiger partial charge in [0.2, 0.25) is 0 Å². The summed E-state index contributed by atoms with van der Waals surface area (Å²) >= 11 is 0. The van der Waals surface area contributed by atoms with E-state index in [4.69, 9.17) is 9.73 Å². The molecular weight excluding hydrogens is 403 g/mol. The molecule has 1 aliphatic rings. The van der Waals surface area contributed by atoms with Crippen LogP contribution in [0, 0.1) is 0 Å². The fourth-order valence-electron chi connectivity index (χ4n) is 3.83. The fraction of sp³-hybridized carbons (Fsp3) is 0.179. The average molecular weight is 431 g/mol. The molecule has 5 rings (SSSR count). The summed E-state index contributed by atoms with van der Waals surface area (Å²) in [7, 11) is 0. The van der Waals surface area contributed by atoms with Crippen LogP contribution in [0.25, 0.3) is 0 Å². The largest absolute Gasteiger partial charge is 1.00 e. The Morgan fingerprint density at radius 2 is 1.12 bits per heavy atom. The quantitative estimate of drug-likeness (QED) is 0.277. The summed E-state index contributed by atoms with van der Waals surface area (Å²) in [6.45, 7) is 2.00. The molecule has 0 aliphatic carbocycles. The summed E-state index contributed by atoms with van der Waals surface area (Å²) in [4.78, 5) is 9.47. The number of benzene rings is 3. The molecule has 1 saturated heterocycles. The third kappa shape index (κ3) is 5.87. The molecule has 1 aromatic heterocycles. The summed E-state index contributed by atoms with van der Waals surface area (Å²) in [5, 5.41) is 0. The smallest absolute Gasteiger partial charge is 0.663 e. The first-order chi connectivity index (χ1) is 15.4. The van der Waals surface area contributed by atoms with Gasteiger partial charge < -0.3 is 9.72 Å². The van der Waals surface area contributed by atoms with Crippen molar-refractivity contribution in [2.45, 2.75) is 18.4 Å². The standard InChI is InChI=1S/C24H19N2.C4H8O.Na/c1-4-11-20(12-5-1)24(21-13-6-2-7-14-21,22-15-8-3-9-16-22)26-19-23-17-10-18-25-23;1-2-4-5-3-1;/h1-19H;1-4H2;/q-1;;+1. The Kier molecular flexibility index (Phi) is 9.51. The SMILES string of the molecule is C(=NC(c1ccccc1)(c1ccccc1)c1ccccc1)c1ccc[n-]1.C1CCOC1.[Na+]. The van der Waals surface area contributed by atoms with Crippen LogP contribution in [-0.2, 0) is 10.3 Å².